The molecule has 0 heterocycles. The Morgan fingerprint density at radius 1 is 1.00 bits per heavy atom. The quantitative estimate of drug-likeness (QED) is 0.773. The summed E-state index contributed by atoms with van der Waals surface area (Å²) in [5, 5.41) is 8.30. The van der Waals surface area contributed by atoms with E-state index in [0.717, 1.165) is 0 Å². The van der Waals surface area contributed by atoms with Crippen molar-refractivity contribution in [3.63, 3.8) is 0 Å². The van der Waals surface area contributed by atoms with Gasteiger partial charge in [0.15, 0.2) is 0 Å². The molecule has 0 radical (unpaired) electrons. The van der Waals surface area contributed by atoms with Crippen LogP contribution in [0.25, 0.3) is 0 Å². The van der Waals surface area contributed by atoms with Gasteiger partial charge in [0.25, 0.3) is 0 Å². The van der Waals surface area contributed by atoms with Crippen molar-refractivity contribution in [3.8, 4) is 0 Å². The molecule has 0 aromatic heterocycles. The van der Waals surface area contributed by atoms with Crippen molar-refractivity contribution < 1.29 is 9.59 Å². The number of hydrogen-bond donors (Lipinski definition) is 3. The minimum Gasteiger partial charge on any atom is -0.336 e. The van der Waals surface area contributed by atoms with Crippen LogP contribution in [0.1, 0.15) is 34.1 Å². The van der Waals surface area contributed by atoms with Crippen LogP contribution in [0.5, 0.6) is 0 Å². The number of benzene rings is 1. The fourth-order valence-corrected chi connectivity index (χ4v) is 1.69. The van der Waals surface area contributed by atoms with Crippen LogP contribution >= 0.6 is 0 Å². The second kappa shape index (κ2) is 7.53. The zero-order chi connectivity index (χ0) is 15.1. The third-order valence-corrected chi connectivity index (χ3v) is 2.46. The topological polar surface area (TPSA) is 70.2 Å². The van der Waals surface area contributed by atoms with Gasteiger partial charge >= 0.3 is 6.03 Å². The summed E-state index contributed by atoms with van der Waals surface area (Å²) >= 11 is 0. The van der Waals surface area contributed by atoms with Gasteiger partial charge in [-0.15, -0.1) is 0 Å². The highest BCUT2D eigenvalue weighted by Crippen LogP contribution is 2.21. The van der Waals surface area contributed by atoms with Gasteiger partial charge in [0, 0.05) is 12.5 Å². The number of rotatable bonds is 5. The van der Waals surface area contributed by atoms with Crippen molar-refractivity contribution in [1.82, 2.24) is 5.32 Å². The predicted octanol–water partition coefficient (Wildman–Crippen LogP) is 3.20. The fraction of sp³-hybridized carbons (Fsp3) is 0.467. The molecular formula is C15H23N3O2. The SMILES string of the molecule is CC(C)CC(=O)Nc1ccccc1NC(=O)NC(C)C. The number of para-hydroxylation sites is 2. The molecule has 0 saturated carbocycles. The second-order valence-corrected chi connectivity index (χ2v) is 5.44. The monoisotopic (exact) mass is 277 g/mol. The van der Waals surface area contributed by atoms with Crippen molar-refractivity contribution in [1.29, 1.82) is 0 Å². The van der Waals surface area contributed by atoms with Gasteiger partial charge in [-0.05, 0) is 31.9 Å². The third kappa shape index (κ3) is 5.73. The molecule has 0 fully saturated rings. The second-order valence-electron chi connectivity index (χ2n) is 5.44. The first-order valence-corrected chi connectivity index (χ1v) is 6.85. The fourth-order valence-electron chi connectivity index (χ4n) is 1.69. The summed E-state index contributed by atoms with van der Waals surface area (Å²) in [7, 11) is 0. The van der Waals surface area contributed by atoms with Crippen molar-refractivity contribution in [3.05, 3.63) is 24.3 Å². The number of amides is 3. The molecule has 0 atom stereocenters. The van der Waals surface area contributed by atoms with Crippen molar-refractivity contribution >= 4 is 23.3 Å². The van der Waals surface area contributed by atoms with E-state index in [0.29, 0.717) is 23.7 Å². The molecular weight excluding hydrogens is 254 g/mol. The van der Waals surface area contributed by atoms with Gasteiger partial charge in [-0.1, -0.05) is 26.0 Å². The number of carbonyl (C=O) groups is 2. The van der Waals surface area contributed by atoms with Gasteiger partial charge in [0.05, 0.1) is 11.4 Å². The number of urea groups is 1. The maximum absolute atomic E-state index is 11.8. The maximum atomic E-state index is 11.8. The van der Waals surface area contributed by atoms with E-state index < -0.39 is 0 Å². The van der Waals surface area contributed by atoms with Crippen LogP contribution < -0.4 is 16.0 Å². The molecule has 3 N–H and O–H groups in total. The van der Waals surface area contributed by atoms with Gasteiger partial charge in [0.2, 0.25) is 5.91 Å². The Labute approximate surface area is 120 Å². The van der Waals surface area contributed by atoms with E-state index in [1.54, 1.807) is 12.1 Å². The van der Waals surface area contributed by atoms with Crippen molar-refractivity contribution in [2.75, 3.05) is 10.6 Å². The first kappa shape index (κ1) is 16.0. The summed E-state index contributed by atoms with van der Waals surface area (Å²) in [6.45, 7) is 7.74. The molecule has 1 rings (SSSR count). The van der Waals surface area contributed by atoms with Crippen LogP contribution in [0.15, 0.2) is 24.3 Å². The Morgan fingerprint density at radius 2 is 1.55 bits per heavy atom. The molecule has 0 unspecified atom stereocenters. The van der Waals surface area contributed by atoms with E-state index in [2.05, 4.69) is 16.0 Å². The molecule has 20 heavy (non-hydrogen) atoms. The highest BCUT2D eigenvalue weighted by atomic mass is 16.2. The molecule has 0 spiro atoms. The van der Waals surface area contributed by atoms with E-state index in [1.807, 2.05) is 39.8 Å². The number of nitrogens with one attached hydrogen (secondary N) is 3. The Morgan fingerprint density at radius 3 is 2.05 bits per heavy atom. The van der Waals surface area contributed by atoms with Crippen LogP contribution in [0.3, 0.4) is 0 Å². The summed E-state index contributed by atoms with van der Waals surface area (Å²) < 4.78 is 0. The molecule has 0 saturated heterocycles. The summed E-state index contributed by atoms with van der Waals surface area (Å²) in [5.74, 6) is 0.234. The highest BCUT2D eigenvalue weighted by molar-refractivity contribution is 5.99. The van der Waals surface area contributed by atoms with Crippen LogP contribution in [-0.4, -0.2) is 18.0 Å². The number of hydrogen-bond acceptors (Lipinski definition) is 2. The smallest absolute Gasteiger partial charge is 0.319 e. The molecule has 0 bridgehead atoms. The van der Waals surface area contributed by atoms with Gasteiger partial charge < -0.3 is 16.0 Å². The lowest BCUT2D eigenvalue weighted by Gasteiger charge is -2.14. The Balaban J connectivity index is 2.73. The summed E-state index contributed by atoms with van der Waals surface area (Å²) in [6, 6.07) is 6.91. The summed E-state index contributed by atoms with van der Waals surface area (Å²) in [5.41, 5.74) is 1.19. The molecule has 1 aromatic rings. The van der Waals surface area contributed by atoms with E-state index in [-0.39, 0.29) is 18.0 Å². The maximum Gasteiger partial charge on any atom is 0.319 e. The van der Waals surface area contributed by atoms with Gasteiger partial charge in [-0.2, -0.15) is 0 Å². The normalized spacial score (nSPS) is 10.5. The predicted molar refractivity (Wildman–Crippen MR) is 81.8 cm³/mol. The molecule has 3 amide bonds. The first-order valence-electron chi connectivity index (χ1n) is 6.85. The molecule has 1 aromatic carbocycles. The minimum absolute atomic E-state index is 0.0534. The zero-order valence-corrected chi connectivity index (χ0v) is 12.5. The molecule has 0 aliphatic carbocycles. The zero-order valence-electron chi connectivity index (χ0n) is 12.5. The third-order valence-electron chi connectivity index (χ3n) is 2.46. The minimum atomic E-state index is -0.287. The number of carbonyl (C=O) groups excluding carboxylic acids is 2. The average molecular weight is 277 g/mol. The van der Waals surface area contributed by atoms with E-state index in [1.165, 1.54) is 0 Å². The van der Waals surface area contributed by atoms with Crippen LogP contribution in [0.2, 0.25) is 0 Å². The lowest BCUT2D eigenvalue weighted by atomic mass is 10.1. The Hall–Kier alpha value is -2.04. The lowest BCUT2D eigenvalue weighted by Crippen LogP contribution is -2.34. The van der Waals surface area contributed by atoms with E-state index in [4.69, 9.17) is 0 Å². The Bertz CT molecular complexity index is 427. The van der Waals surface area contributed by atoms with E-state index in [9.17, 15) is 9.59 Å². The average Bonchev–Trinajstić information content (AvgIpc) is 2.29. The molecule has 5 nitrogen and oxygen atoms in total. The van der Waals surface area contributed by atoms with Crippen molar-refractivity contribution in [2.24, 2.45) is 5.92 Å². The summed E-state index contributed by atoms with van der Waals surface area (Å²) in [6.07, 6.45) is 0.451. The van der Waals surface area contributed by atoms with Gasteiger partial charge in [-0.3, -0.25) is 4.79 Å². The van der Waals surface area contributed by atoms with Gasteiger partial charge in [-0.25, -0.2) is 4.79 Å². The molecule has 5 heteroatoms. The molecule has 110 valence electrons. The van der Waals surface area contributed by atoms with Crippen LogP contribution in [0.4, 0.5) is 16.2 Å². The summed E-state index contributed by atoms with van der Waals surface area (Å²) in [4.78, 5) is 23.5. The first-order chi connectivity index (χ1) is 9.38. The standard InChI is InChI=1S/C15H23N3O2/c1-10(2)9-14(19)17-12-7-5-6-8-13(12)18-15(20)16-11(3)4/h5-8,10-11H,9H2,1-4H3,(H,17,19)(H2,16,18,20). The van der Waals surface area contributed by atoms with Crippen LogP contribution in [0, 0.1) is 5.92 Å². The lowest BCUT2D eigenvalue weighted by molar-refractivity contribution is -0.116. The van der Waals surface area contributed by atoms with Crippen molar-refractivity contribution in [2.45, 2.75) is 40.2 Å². The number of anilines is 2. The van der Waals surface area contributed by atoms with Gasteiger partial charge in [0.1, 0.15) is 0 Å². The molecule has 0 aliphatic rings. The largest absolute Gasteiger partial charge is 0.336 e. The van der Waals surface area contributed by atoms with E-state index >= 15 is 0 Å². The van der Waals surface area contributed by atoms with Crippen LogP contribution in [-0.2, 0) is 4.79 Å². The molecule has 0 aliphatic heterocycles. The highest BCUT2D eigenvalue weighted by Gasteiger charge is 2.10. The Kier molecular flexibility index (Phi) is 6.03.